The van der Waals surface area contributed by atoms with Crippen LogP contribution in [0.25, 0.3) is 10.8 Å². The van der Waals surface area contributed by atoms with Crippen molar-refractivity contribution < 1.29 is 19.8 Å². The van der Waals surface area contributed by atoms with Crippen LogP contribution >= 0.6 is 0 Å². The number of aromatic hydroxyl groups is 1. The molecular formula is C20H25NO4. The summed E-state index contributed by atoms with van der Waals surface area (Å²) in [6, 6.07) is 7.62. The molecule has 0 atom stereocenters. The first-order valence-corrected chi connectivity index (χ1v) is 8.81. The molecule has 0 saturated carbocycles. The Balaban J connectivity index is 2.00. The third kappa shape index (κ3) is 5.21. The Bertz CT molecular complexity index is 755. The number of hydrogen-bond acceptors (Lipinski definition) is 3. The van der Waals surface area contributed by atoms with Crippen LogP contribution in [0.4, 0.5) is 0 Å². The monoisotopic (exact) mass is 343 g/mol. The zero-order chi connectivity index (χ0) is 18.2. The quantitative estimate of drug-likeness (QED) is 0.591. The van der Waals surface area contributed by atoms with Gasteiger partial charge in [0.15, 0.2) is 0 Å². The molecule has 2 aromatic carbocycles. The molecule has 0 fully saturated rings. The van der Waals surface area contributed by atoms with Crippen molar-refractivity contribution in [2.45, 2.75) is 45.4 Å². The summed E-state index contributed by atoms with van der Waals surface area (Å²) in [4.78, 5) is 23.3. The van der Waals surface area contributed by atoms with E-state index in [2.05, 4.69) is 12.2 Å². The van der Waals surface area contributed by atoms with Crippen LogP contribution < -0.4 is 5.32 Å². The fourth-order valence-electron chi connectivity index (χ4n) is 2.80. The molecule has 134 valence electrons. The van der Waals surface area contributed by atoms with E-state index in [1.807, 2.05) is 0 Å². The van der Waals surface area contributed by atoms with Gasteiger partial charge in [-0.15, -0.1) is 0 Å². The summed E-state index contributed by atoms with van der Waals surface area (Å²) in [7, 11) is 0. The average Bonchev–Trinajstić information content (AvgIpc) is 2.59. The maximum absolute atomic E-state index is 12.3. The normalized spacial score (nSPS) is 10.8. The van der Waals surface area contributed by atoms with E-state index in [1.54, 1.807) is 6.07 Å². The van der Waals surface area contributed by atoms with E-state index < -0.39 is 5.97 Å². The van der Waals surface area contributed by atoms with E-state index in [9.17, 15) is 14.7 Å². The number of carbonyl (C=O) groups is 2. The number of fused-ring (bicyclic) bond motifs is 1. The number of benzene rings is 2. The van der Waals surface area contributed by atoms with Crippen LogP contribution in [0.1, 0.15) is 66.2 Å². The minimum absolute atomic E-state index is 0.101. The van der Waals surface area contributed by atoms with E-state index in [1.165, 1.54) is 49.9 Å². The lowest BCUT2D eigenvalue weighted by Gasteiger charge is -2.09. The predicted octanol–water partition coefficient (Wildman–Crippen LogP) is 4.33. The van der Waals surface area contributed by atoms with Gasteiger partial charge in [0.05, 0.1) is 11.1 Å². The van der Waals surface area contributed by atoms with Gasteiger partial charge < -0.3 is 15.5 Å². The lowest BCUT2D eigenvalue weighted by atomic mass is 10.0. The van der Waals surface area contributed by atoms with Crippen LogP contribution in [-0.2, 0) is 0 Å². The molecular weight excluding hydrogens is 318 g/mol. The molecule has 1 amide bonds. The van der Waals surface area contributed by atoms with Crippen LogP contribution in [0.3, 0.4) is 0 Å². The van der Waals surface area contributed by atoms with Crippen LogP contribution in [0.15, 0.2) is 30.3 Å². The van der Waals surface area contributed by atoms with Crippen molar-refractivity contribution >= 4 is 22.6 Å². The summed E-state index contributed by atoms with van der Waals surface area (Å²) >= 11 is 0. The molecule has 0 radical (unpaired) electrons. The Kier molecular flexibility index (Phi) is 6.81. The molecule has 0 aliphatic rings. The molecule has 25 heavy (non-hydrogen) atoms. The maximum atomic E-state index is 12.3. The highest BCUT2D eigenvalue weighted by molar-refractivity contribution is 6.02. The molecule has 0 aliphatic carbocycles. The fourth-order valence-corrected chi connectivity index (χ4v) is 2.80. The molecule has 0 spiro atoms. The van der Waals surface area contributed by atoms with E-state index in [0.29, 0.717) is 17.3 Å². The van der Waals surface area contributed by atoms with Crippen molar-refractivity contribution in [1.82, 2.24) is 5.32 Å². The number of amides is 1. The number of nitrogens with one attached hydrogen (secondary N) is 1. The maximum Gasteiger partial charge on any atom is 0.335 e. The highest BCUT2D eigenvalue weighted by atomic mass is 16.4. The van der Waals surface area contributed by atoms with Gasteiger partial charge >= 0.3 is 5.97 Å². The van der Waals surface area contributed by atoms with Gasteiger partial charge in [-0.1, -0.05) is 45.1 Å². The van der Waals surface area contributed by atoms with Crippen molar-refractivity contribution in [2.75, 3.05) is 6.54 Å². The van der Waals surface area contributed by atoms with Crippen LogP contribution in [0.2, 0.25) is 0 Å². The summed E-state index contributed by atoms with van der Waals surface area (Å²) in [5, 5.41) is 23.3. The Morgan fingerprint density at radius 2 is 1.68 bits per heavy atom. The molecule has 2 aromatic rings. The van der Waals surface area contributed by atoms with Crippen molar-refractivity contribution in [3.05, 3.63) is 41.5 Å². The second kappa shape index (κ2) is 9.06. The predicted molar refractivity (Wildman–Crippen MR) is 98.3 cm³/mol. The summed E-state index contributed by atoms with van der Waals surface area (Å²) in [5.74, 6) is -1.46. The van der Waals surface area contributed by atoms with Gasteiger partial charge in [-0.2, -0.15) is 0 Å². The number of aromatic carboxylic acids is 1. The van der Waals surface area contributed by atoms with Crippen LogP contribution in [0, 0.1) is 0 Å². The topological polar surface area (TPSA) is 86.6 Å². The number of phenols is 1. The van der Waals surface area contributed by atoms with Crippen molar-refractivity contribution in [2.24, 2.45) is 0 Å². The first-order chi connectivity index (χ1) is 12.0. The largest absolute Gasteiger partial charge is 0.507 e. The minimum Gasteiger partial charge on any atom is -0.507 e. The molecule has 5 heteroatoms. The summed E-state index contributed by atoms with van der Waals surface area (Å²) < 4.78 is 0. The van der Waals surface area contributed by atoms with Crippen molar-refractivity contribution in [1.29, 1.82) is 0 Å². The first-order valence-electron chi connectivity index (χ1n) is 8.81. The highest BCUT2D eigenvalue weighted by Crippen LogP contribution is 2.26. The molecule has 0 saturated heterocycles. The Hall–Kier alpha value is -2.56. The van der Waals surface area contributed by atoms with E-state index >= 15 is 0 Å². The summed E-state index contributed by atoms with van der Waals surface area (Å²) in [5.41, 5.74) is 0.317. The smallest absolute Gasteiger partial charge is 0.335 e. The third-order valence-corrected chi connectivity index (χ3v) is 4.26. The zero-order valence-corrected chi connectivity index (χ0v) is 14.5. The van der Waals surface area contributed by atoms with E-state index in [4.69, 9.17) is 5.11 Å². The highest BCUT2D eigenvalue weighted by Gasteiger charge is 2.13. The van der Waals surface area contributed by atoms with Gasteiger partial charge in [0.1, 0.15) is 5.75 Å². The Labute approximate surface area is 147 Å². The van der Waals surface area contributed by atoms with Gasteiger partial charge in [-0.3, -0.25) is 4.79 Å². The van der Waals surface area contributed by atoms with E-state index in [-0.39, 0.29) is 22.8 Å². The van der Waals surface area contributed by atoms with E-state index in [0.717, 1.165) is 12.8 Å². The Morgan fingerprint density at radius 1 is 0.960 bits per heavy atom. The SMILES string of the molecule is CCCCCCCCNC(=O)c1cc2cc(C(=O)O)ccc2cc1O. The molecule has 0 heterocycles. The summed E-state index contributed by atoms with van der Waals surface area (Å²) in [6.45, 7) is 2.74. The molecule has 0 unspecified atom stereocenters. The average molecular weight is 343 g/mol. The number of carboxylic acid groups (broad SMARTS) is 1. The number of carboxylic acids is 1. The number of unbranched alkanes of at least 4 members (excludes halogenated alkanes) is 5. The number of hydrogen-bond donors (Lipinski definition) is 3. The van der Waals surface area contributed by atoms with Gasteiger partial charge in [0, 0.05) is 6.54 Å². The number of carbonyl (C=O) groups excluding carboxylic acids is 1. The third-order valence-electron chi connectivity index (χ3n) is 4.26. The molecule has 0 aromatic heterocycles. The van der Waals surface area contributed by atoms with Gasteiger partial charge in [0.2, 0.25) is 0 Å². The van der Waals surface area contributed by atoms with Crippen LogP contribution in [-0.4, -0.2) is 28.6 Å². The lowest BCUT2D eigenvalue weighted by molar-refractivity contribution is 0.0696. The second-order valence-electron chi connectivity index (χ2n) is 6.26. The lowest BCUT2D eigenvalue weighted by Crippen LogP contribution is -2.24. The van der Waals surface area contributed by atoms with Crippen molar-refractivity contribution in [3.63, 3.8) is 0 Å². The Morgan fingerprint density at radius 3 is 2.40 bits per heavy atom. The van der Waals surface area contributed by atoms with Crippen molar-refractivity contribution in [3.8, 4) is 5.75 Å². The van der Waals surface area contributed by atoms with Crippen LogP contribution in [0.5, 0.6) is 5.75 Å². The fraction of sp³-hybridized carbons (Fsp3) is 0.400. The van der Waals surface area contributed by atoms with Gasteiger partial charge in [0.25, 0.3) is 5.91 Å². The minimum atomic E-state index is -1.02. The standard InChI is InChI=1S/C20H25NO4/c1-2-3-4-5-6-7-10-21-19(23)17-12-16-11-15(20(24)25)9-8-14(16)13-18(17)22/h8-9,11-13,22H,2-7,10H2,1H3,(H,21,23)(H,24,25). The van der Waals surface area contributed by atoms with Gasteiger partial charge in [-0.25, -0.2) is 4.79 Å². The molecule has 2 rings (SSSR count). The zero-order valence-electron chi connectivity index (χ0n) is 14.5. The summed E-state index contributed by atoms with van der Waals surface area (Å²) in [6.07, 6.45) is 6.83. The molecule has 3 N–H and O–H groups in total. The second-order valence-corrected chi connectivity index (χ2v) is 6.26. The van der Waals surface area contributed by atoms with Gasteiger partial charge in [-0.05, 0) is 41.5 Å². The first kappa shape index (κ1) is 18.8. The molecule has 5 nitrogen and oxygen atoms in total. The molecule has 0 bridgehead atoms. The number of phenolic OH excluding ortho intramolecular Hbond substituents is 1. The molecule has 0 aliphatic heterocycles. The number of rotatable bonds is 9.